The first-order valence-corrected chi connectivity index (χ1v) is 11.8. The Kier molecular flexibility index (Phi) is 5.12. The summed E-state index contributed by atoms with van der Waals surface area (Å²) in [6, 6.07) is 11.2. The summed E-state index contributed by atoms with van der Waals surface area (Å²) in [6.07, 6.45) is 5.24. The van der Waals surface area contributed by atoms with Crippen molar-refractivity contribution in [2.24, 2.45) is 0 Å². The van der Waals surface area contributed by atoms with Gasteiger partial charge < -0.3 is 10.3 Å². The molecule has 9 heteroatoms. The lowest BCUT2D eigenvalue weighted by Crippen LogP contribution is -2.11. The number of rotatable bonds is 6. The van der Waals surface area contributed by atoms with Crippen LogP contribution in [0.15, 0.2) is 60.4 Å². The van der Waals surface area contributed by atoms with Crippen molar-refractivity contribution in [3.05, 3.63) is 71.7 Å². The van der Waals surface area contributed by atoms with Crippen molar-refractivity contribution in [2.45, 2.75) is 13.5 Å². The normalized spacial score (nSPS) is 11.6. The third-order valence-corrected chi connectivity index (χ3v) is 6.59. The summed E-state index contributed by atoms with van der Waals surface area (Å²) in [7, 11) is 0. The highest BCUT2D eigenvalue weighted by molar-refractivity contribution is 7.13. The molecular formula is C25H20FN7S. The van der Waals surface area contributed by atoms with Crippen LogP contribution in [0.3, 0.4) is 0 Å². The molecule has 0 bridgehead atoms. The zero-order valence-electron chi connectivity index (χ0n) is 18.3. The lowest BCUT2D eigenvalue weighted by atomic mass is 10.0. The predicted molar refractivity (Wildman–Crippen MR) is 133 cm³/mol. The molecular weight excluding hydrogens is 449 g/mol. The van der Waals surface area contributed by atoms with E-state index in [0.29, 0.717) is 29.1 Å². The van der Waals surface area contributed by atoms with Gasteiger partial charge in [-0.3, -0.25) is 15.1 Å². The molecule has 0 aliphatic carbocycles. The lowest BCUT2D eigenvalue weighted by molar-refractivity contribution is 0.632. The van der Waals surface area contributed by atoms with Crippen molar-refractivity contribution in [3.63, 3.8) is 0 Å². The molecule has 1 aromatic carbocycles. The first-order valence-electron chi connectivity index (χ1n) is 10.9. The van der Waals surface area contributed by atoms with Crippen molar-refractivity contribution >= 4 is 33.3 Å². The van der Waals surface area contributed by atoms with E-state index in [1.807, 2.05) is 42.6 Å². The number of aromatic amines is 2. The zero-order valence-corrected chi connectivity index (χ0v) is 19.1. The Hall–Kier alpha value is -3.95. The van der Waals surface area contributed by atoms with Crippen LogP contribution in [0, 0.1) is 5.82 Å². The highest BCUT2D eigenvalue weighted by Gasteiger charge is 2.18. The molecule has 0 fully saturated rings. The fourth-order valence-corrected chi connectivity index (χ4v) is 4.80. The third kappa shape index (κ3) is 3.55. The molecule has 0 aliphatic rings. The van der Waals surface area contributed by atoms with E-state index in [4.69, 9.17) is 4.98 Å². The summed E-state index contributed by atoms with van der Waals surface area (Å²) in [5.74, 6) is 0.266. The molecule has 6 aromatic rings. The van der Waals surface area contributed by atoms with E-state index in [0.717, 1.165) is 44.7 Å². The van der Waals surface area contributed by atoms with Crippen molar-refractivity contribution in [1.82, 2.24) is 35.5 Å². The van der Waals surface area contributed by atoms with E-state index >= 15 is 4.39 Å². The van der Waals surface area contributed by atoms with Gasteiger partial charge >= 0.3 is 0 Å². The monoisotopic (exact) mass is 469 g/mol. The number of thiophene rings is 1. The molecule has 0 saturated heterocycles. The van der Waals surface area contributed by atoms with Gasteiger partial charge in [-0.05, 0) is 41.8 Å². The maximum absolute atomic E-state index is 15.1. The van der Waals surface area contributed by atoms with Gasteiger partial charge in [0.05, 0.1) is 15.9 Å². The van der Waals surface area contributed by atoms with Crippen LogP contribution >= 0.6 is 11.3 Å². The van der Waals surface area contributed by atoms with Gasteiger partial charge in [0.1, 0.15) is 22.7 Å². The summed E-state index contributed by atoms with van der Waals surface area (Å²) in [5, 5.41) is 13.5. The van der Waals surface area contributed by atoms with Crippen molar-refractivity contribution in [3.8, 4) is 33.2 Å². The molecule has 0 radical (unpaired) electrons. The van der Waals surface area contributed by atoms with E-state index in [1.54, 1.807) is 29.9 Å². The number of nitrogens with zero attached hydrogens (tertiary/aromatic N) is 4. The molecule has 168 valence electrons. The van der Waals surface area contributed by atoms with E-state index < -0.39 is 0 Å². The minimum Gasteiger partial charge on any atom is -0.336 e. The van der Waals surface area contributed by atoms with Crippen molar-refractivity contribution in [1.29, 1.82) is 0 Å². The van der Waals surface area contributed by atoms with Gasteiger partial charge in [-0.2, -0.15) is 5.10 Å². The van der Waals surface area contributed by atoms with Gasteiger partial charge in [0.2, 0.25) is 0 Å². The van der Waals surface area contributed by atoms with Crippen LogP contribution in [0.25, 0.3) is 55.2 Å². The minimum absolute atomic E-state index is 0.334. The minimum atomic E-state index is -0.334. The Labute approximate surface area is 198 Å². The highest BCUT2D eigenvalue weighted by Crippen LogP contribution is 2.34. The second kappa shape index (κ2) is 8.44. The molecule has 5 heterocycles. The highest BCUT2D eigenvalue weighted by atomic mass is 32.1. The van der Waals surface area contributed by atoms with Crippen LogP contribution in [-0.2, 0) is 6.54 Å². The van der Waals surface area contributed by atoms with E-state index in [2.05, 4.69) is 30.5 Å². The van der Waals surface area contributed by atoms with Crippen molar-refractivity contribution in [2.75, 3.05) is 6.54 Å². The van der Waals surface area contributed by atoms with Gasteiger partial charge in [-0.25, -0.2) is 9.37 Å². The first-order chi connectivity index (χ1) is 16.7. The molecule has 0 atom stereocenters. The smallest absolute Gasteiger partial charge is 0.159 e. The average Bonchev–Trinajstić information content (AvgIpc) is 3.61. The molecule has 5 aromatic heterocycles. The zero-order chi connectivity index (χ0) is 23.1. The average molecular weight is 470 g/mol. The van der Waals surface area contributed by atoms with E-state index in [1.165, 1.54) is 6.07 Å². The maximum atomic E-state index is 15.1. The summed E-state index contributed by atoms with van der Waals surface area (Å²) in [4.78, 5) is 18.1. The number of fused-ring (bicyclic) bond motifs is 2. The molecule has 6 rings (SSSR count). The standard InChI is InChI=1S/C25H20FN7S/c1-2-27-11-14-8-15(13-28-12-14)16-9-17-20(10-18(16)26)32-33-22(17)25-30-19-5-6-29-24(23(19)31-25)21-4-3-7-34-21/h3-10,12-13,27H,2,11H2,1H3,(H,30,31)(H,32,33). The van der Waals surface area contributed by atoms with Gasteiger partial charge in [-0.1, -0.05) is 13.0 Å². The Morgan fingerprint density at radius 1 is 1.09 bits per heavy atom. The number of benzene rings is 1. The summed E-state index contributed by atoms with van der Waals surface area (Å²) >= 11 is 1.62. The van der Waals surface area contributed by atoms with Crippen LogP contribution in [0.5, 0.6) is 0 Å². The molecule has 0 aliphatic heterocycles. The SMILES string of the molecule is CCNCc1cncc(-c2cc3c(-c4nc5c(-c6cccs6)nccc5[nH]4)n[nH]c3cc2F)c1. The number of nitrogens with one attached hydrogen (secondary N) is 3. The number of pyridine rings is 2. The number of H-pyrrole nitrogens is 2. The molecule has 0 unspecified atom stereocenters. The Morgan fingerprint density at radius 3 is 2.88 bits per heavy atom. The molecule has 0 spiro atoms. The maximum Gasteiger partial charge on any atom is 0.159 e. The fraction of sp³-hybridized carbons (Fsp3) is 0.120. The van der Waals surface area contributed by atoms with Gasteiger partial charge in [0.15, 0.2) is 5.82 Å². The molecule has 7 nitrogen and oxygen atoms in total. The summed E-state index contributed by atoms with van der Waals surface area (Å²) < 4.78 is 15.1. The summed E-state index contributed by atoms with van der Waals surface area (Å²) in [5.41, 5.74) is 5.88. The Morgan fingerprint density at radius 2 is 2.03 bits per heavy atom. The van der Waals surface area contributed by atoms with Crippen LogP contribution < -0.4 is 5.32 Å². The van der Waals surface area contributed by atoms with E-state index in [9.17, 15) is 0 Å². The molecule has 34 heavy (non-hydrogen) atoms. The lowest BCUT2D eigenvalue weighted by Gasteiger charge is -2.07. The quantitative estimate of drug-likeness (QED) is 0.298. The molecule has 3 N–H and O–H groups in total. The number of hydrogen-bond donors (Lipinski definition) is 3. The van der Waals surface area contributed by atoms with Gasteiger partial charge in [-0.15, -0.1) is 11.3 Å². The van der Waals surface area contributed by atoms with Crippen LogP contribution in [0.4, 0.5) is 4.39 Å². The third-order valence-electron chi connectivity index (χ3n) is 5.72. The topological polar surface area (TPSA) is 95.2 Å². The first kappa shape index (κ1) is 20.6. The van der Waals surface area contributed by atoms with Crippen LogP contribution in [0.1, 0.15) is 12.5 Å². The number of imidazole rings is 1. The van der Waals surface area contributed by atoms with Gasteiger partial charge in [0.25, 0.3) is 0 Å². The molecule has 0 saturated carbocycles. The second-order valence-corrected chi connectivity index (χ2v) is 8.88. The van der Waals surface area contributed by atoms with E-state index in [-0.39, 0.29) is 5.82 Å². The summed E-state index contributed by atoms with van der Waals surface area (Å²) in [6.45, 7) is 3.57. The Bertz CT molecular complexity index is 1620. The largest absolute Gasteiger partial charge is 0.336 e. The van der Waals surface area contributed by atoms with Gasteiger partial charge in [0, 0.05) is 47.7 Å². The number of halogens is 1. The molecule has 0 amide bonds. The Balaban J connectivity index is 1.47. The number of hydrogen-bond acceptors (Lipinski definition) is 6. The van der Waals surface area contributed by atoms with Crippen LogP contribution in [-0.4, -0.2) is 36.7 Å². The second-order valence-electron chi connectivity index (χ2n) is 7.93. The predicted octanol–water partition coefficient (Wildman–Crippen LogP) is 5.54. The number of aromatic nitrogens is 6. The van der Waals surface area contributed by atoms with Crippen LogP contribution in [0.2, 0.25) is 0 Å². The fourth-order valence-electron chi connectivity index (χ4n) is 4.08. The van der Waals surface area contributed by atoms with Crippen molar-refractivity contribution < 1.29 is 4.39 Å².